The predicted molar refractivity (Wildman–Crippen MR) is 88.8 cm³/mol. The van der Waals surface area contributed by atoms with Gasteiger partial charge in [0.1, 0.15) is 0 Å². The van der Waals surface area contributed by atoms with Gasteiger partial charge in [0, 0.05) is 22.4 Å². The predicted octanol–water partition coefficient (Wildman–Crippen LogP) is 2.66. The Morgan fingerprint density at radius 1 is 1.22 bits per heavy atom. The molecule has 0 spiro atoms. The summed E-state index contributed by atoms with van der Waals surface area (Å²) in [7, 11) is 0. The van der Waals surface area contributed by atoms with Gasteiger partial charge in [0.2, 0.25) is 0 Å². The van der Waals surface area contributed by atoms with E-state index in [4.69, 9.17) is 0 Å². The van der Waals surface area contributed by atoms with Gasteiger partial charge < -0.3 is 4.90 Å². The summed E-state index contributed by atoms with van der Waals surface area (Å²) < 4.78 is 1.48. The van der Waals surface area contributed by atoms with E-state index in [-0.39, 0.29) is 10.7 Å². The molecule has 1 amide bonds. The topological polar surface area (TPSA) is 63.4 Å². The summed E-state index contributed by atoms with van der Waals surface area (Å²) in [6, 6.07) is 11.5. The zero-order valence-corrected chi connectivity index (χ0v) is 13.6. The maximum atomic E-state index is 13.1. The molecule has 0 saturated heterocycles. The summed E-state index contributed by atoms with van der Waals surface area (Å²) in [6.07, 6.45) is 1.68. The third-order valence-corrected chi connectivity index (χ3v) is 5.01. The molecular formula is C16H15N5OS. The second kappa shape index (κ2) is 5.06. The Bertz CT molecular complexity index is 904. The van der Waals surface area contributed by atoms with E-state index < -0.39 is 0 Å². The summed E-state index contributed by atoms with van der Waals surface area (Å²) in [5.74, 6) is -0.0387. The maximum Gasteiger partial charge on any atom is 0.259 e. The highest BCUT2D eigenvalue weighted by atomic mass is 32.2. The molecule has 0 radical (unpaired) electrons. The van der Waals surface area contributed by atoms with Crippen LogP contribution < -0.4 is 4.90 Å². The first-order valence-corrected chi connectivity index (χ1v) is 8.13. The number of tetrazole rings is 1. The first-order chi connectivity index (χ1) is 11.0. The van der Waals surface area contributed by atoms with Crippen molar-refractivity contribution in [3.8, 4) is 0 Å². The van der Waals surface area contributed by atoms with Crippen molar-refractivity contribution in [2.24, 2.45) is 0 Å². The molecule has 0 fully saturated rings. The Hall–Kier alpha value is -2.41. The van der Waals surface area contributed by atoms with Gasteiger partial charge in [0.25, 0.3) is 5.91 Å². The lowest BCUT2D eigenvalue weighted by atomic mass is 10.1. The van der Waals surface area contributed by atoms with Crippen LogP contribution in [-0.4, -0.2) is 37.2 Å². The Balaban J connectivity index is 1.78. The molecule has 1 aliphatic heterocycles. The quantitative estimate of drug-likeness (QED) is 0.688. The van der Waals surface area contributed by atoms with E-state index in [1.165, 1.54) is 4.52 Å². The van der Waals surface area contributed by atoms with Crippen molar-refractivity contribution in [3.63, 3.8) is 0 Å². The van der Waals surface area contributed by atoms with E-state index in [0.717, 1.165) is 10.6 Å². The molecule has 0 N–H and O–H groups in total. The lowest BCUT2D eigenvalue weighted by Gasteiger charge is -2.38. The molecule has 2 aromatic heterocycles. The minimum absolute atomic E-state index is 0.0387. The monoisotopic (exact) mass is 325 g/mol. The zero-order chi connectivity index (χ0) is 16.0. The normalized spacial score (nSPS) is 16.3. The van der Waals surface area contributed by atoms with Gasteiger partial charge in [-0.2, -0.15) is 4.52 Å². The first-order valence-electron chi connectivity index (χ1n) is 7.31. The van der Waals surface area contributed by atoms with Gasteiger partial charge in [0.15, 0.2) is 5.65 Å². The molecule has 4 rings (SSSR count). The number of hydrogen-bond acceptors (Lipinski definition) is 5. The van der Waals surface area contributed by atoms with Gasteiger partial charge in [-0.3, -0.25) is 4.79 Å². The van der Waals surface area contributed by atoms with Gasteiger partial charge >= 0.3 is 0 Å². The fourth-order valence-electron chi connectivity index (χ4n) is 2.77. The third-order valence-electron chi connectivity index (χ3n) is 3.76. The lowest BCUT2D eigenvalue weighted by molar-refractivity contribution is 0.0983. The zero-order valence-electron chi connectivity index (χ0n) is 12.8. The average molecular weight is 325 g/mol. The van der Waals surface area contributed by atoms with Crippen LogP contribution in [0.15, 0.2) is 47.5 Å². The molecule has 1 aromatic carbocycles. The van der Waals surface area contributed by atoms with E-state index in [1.54, 1.807) is 30.1 Å². The Morgan fingerprint density at radius 3 is 2.91 bits per heavy atom. The largest absolute Gasteiger partial charge is 0.306 e. The number of nitrogens with zero attached hydrogens (tertiary/aromatic N) is 5. The van der Waals surface area contributed by atoms with E-state index in [1.807, 2.05) is 23.1 Å². The van der Waals surface area contributed by atoms with Crippen LogP contribution in [0.5, 0.6) is 0 Å². The molecule has 0 unspecified atom stereocenters. The van der Waals surface area contributed by atoms with Gasteiger partial charge in [-0.25, -0.2) is 0 Å². The number of carbonyl (C=O) groups excluding carboxylic acids is 1. The van der Waals surface area contributed by atoms with Crippen molar-refractivity contribution in [1.82, 2.24) is 20.0 Å². The van der Waals surface area contributed by atoms with Crippen LogP contribution in [0.25, 0.3) is 5.65 Å². The molecule has 0 aliphatic carbocycles. The second-order valence-corrected chi connectivity index (χ2v) is 7.87. The number of aromatic nitrogens is 4. The highest BCUT2D eigenvalue weighted by Gasteiger charge is 2.34. The Labute approximate surface area is 137 Å². The number of rotatable bonds is 1. The molecule has 116 valence electrons. The van der Waals surface area contributed by atoms with Crippen LogP contribution in [0.3, 0.4) is 0 Å². The van der Waals surface area contributed by atoms with Gasteiger partial charge in [0.05, 0.1) is 11.3 Å². The second-order valence-electron chi connectivity index (χ2n) is 6.12. The summed E-state index contributed by atoms with van der Waals surface area (Å²) in [4.78, 5) is 16.0. The number of fused-ring (bicyclic) bond motifs is 2. The molecule has 7 heteroatoms. The number of thioether (sulfide) groups is 1. The fourth-order valence-corrected chi connectivity index (χ4v) is 3.99. The minimum Gasteiger partial charge on any atom is -0.306 e. The Morgan fingerprint density at radius 2 is 2.04 bits per heavy atom. The van der Waals surface area contributed by atoms with Crippen LogP contribution in [0.2, 0.25) is 0 Å². The summed E-state index contributed by atoms with van der Waals surface area (Å²) >= 11 is 1.80. The van der Waals surface area contributed by atoms with Crippen molar-refractivity contribution in [1.29, 1.82) is 0 Å². The average Bonchev–Trinajstić information content (AvgIpc) is 3.00. The van der Waals surface area contributed by atoms with E-state index in [0.29, 0.717) is 17.8 Å². The van der Waals surface area contributed by atoms with Gasteiger partial charge in [-0.1, -0.05) is 12.1 Å². The van der Waals surface area contributed by atoms with Gasteiger partial charge in [-0.15, -0.1) is 16.9 Å². The van der Waals surface area contributed by atoms with Crippen molar-refractivity contribution >= 4 is 29.0 Å². The Kier molecular flexibility index (Phi) is 3.12. The maximum absolute atomic E-state index is 13.1. The molecule has 0 bridgehead atoms. The summed E-state index contributed by atoms with van der Waals surface area (Å²) in [5, 5.41) is 11.3. The number of para-hydroxylation sites is 1. The van der Waals surface area contributed by atoms with Gasteiger partial charge in [-0.05, 0) is 48.5 Å². The van der Waals surface area contributed by atoms with Crippen LogP contribution in [0.4, 0.5) is 5.69 Å². The molecule has 23 heavy (non-hydrogen) atoms. The van der Waals surface area contributed by atoms with Crippen LogP contribution in [0.1, 0.15) is 24.2 Å². The van der Waals surface area contributed by atoms with Crippen molar-refractivity contribution in [3.05, 3.63) is 48.2 Å². The summed E-state index contributed by atoms with van der Waals surface area (Å²) in [5.41, 5.74) is 2.15. The van der Waals surface area contributed by atoms with E-state index in [9.17, 15) is 4.79 Å². The molecular weight excluding hydrogens is 310 g/mol. The lowest BCUT2D eigenvalue weighted by Crippen LogP contribution is -2.43. The molecule has 1 aliphatic rings. The number of hydrogen-bond donors (Lipinski definition) is 0. The standard InChI is InChI=1S/C16H15N5OS/c1-16(2)10-20(12-5-3-4-6-13(12)23-16)15(22)11-7-8-14-17-18-19-21(14)9-11/h3-9H,10H2,1-2H3. The molecule has 3 aromatic rings. The molecule has 3 heterocycles. The summed E-state index contributed by atoms with van der Waals surface area (Å²) in [6.45, 7) is 4.96. The van der Waals surface area contributed by atoms with Crippen molar-refractivity contribution < 1.29 is 4.79 Å². The van der Waals surface area contributed by atoms with Crippen LogP contribution >= 0.6 is 11.8 Å². The number of carbonyl (C=O) groups is 1. The van der Waals surface area contributed by atoms with Crippen molar-refractivity contribution in [2.45, 2.75) is 23.5 Å². The fraction of sp³-hybridized carbons (Fsp3) is 0.250. The molecule has 0 saturated carbocycles. The van der Waals surface area contributed by atoms with E-state index >= 15 is 0 Å². The van der Waals surface area contributed by atoms with Crippen LogP contribution in [0, 0.1) is 0 Å². The number of anilines is 1. The SMILES string of the molecule is CC1(C)CN(C(=O)c2ccc3nnnn3c2)c2ccccc2S1. The number of pyridine rings is 1. The highest BCUT2D eigenvalue weighted by molar-refractivity contribution is 8.00. The van der Waals surface area contributed by atoms with Crippen molar-refractivity contribution in [2.75, 3.05) is 11.4 Å². The third kappa shape index (κ3) is 2.46. The molecule has 0 atom stereocenters. The van der Waals surface area contributed by atoms with E-state index in [2.05, 4.69) is 35.4 Å². The smallest absolute Gasteiger partial charge is 0.259 e. The number of amides is 1. The number of benzene rings is 1. The first kappa shape index (κ1) is 14.2. The highest BCUT2D eigenvalue weighted by Crippen LogP contribution is 2.44. The van der Waals surface area contributed by atoms with Crippen LogP contribution in [-0.2, 0) is 0 Å². The molecule has 6 nitrogen and oxygen atoms in total. The minimum atomic E-state index is -0.0388.